The van der Waals surface area contributed by atoms with Crippen molar-refractivity contribution in [2.45, 2.75) is 19.9 Å². The van der Waals surface area contributed by atoms with Crippen molar-refractivity contribution < 1.29 is 0 Å². The van der Waals surface area contributed by atoms with Crippen LogP contribution in [0.3, 0.4) is 0 Å². The highest BCUT2D eigenvalue weighted by Gasteiger charge is 2.13. The molecule has 2 heterocycles. The number of nitrogens with one attached hydrogen (secondary N) is 1. The molecule has 0 aliphatic carbocycles. The number of imidazole rings is 1. The molecular weight excluding hydrogens is 202 g/mol. The summed E-state index contributed by atoms with van der Waals surface area (Å²) in [4.78, 5) is 11.0. The van der Waals surface area contributed by atoms with Crippen LogP contribution in [0.4, 0.5) is 11.6 Å². The van der Waals surface area contributed by atoms with Gasteiger partial charge in [-0.3, -0.25) is 0 Å². The summed E-state index contributed by atoms with van der Waals surface area (Å²) >= 11 is 0. The zero-order chi connectivity index (χ0) is 11.7. The average Bonchev–Trinajstić information content (AvgIpc) is 2.74. The van der Waals surface area contributed by atoms with Gasteiger partial charge in [0.05, 0.1) is 6.20 Å². The Morgan fingerprint density at radius 1 is 1.44 bits per heavy atom. The Hall–Kier alpha value is -1.78. The largest absolute Gasteiger partial charge is 0.372 e. The molecule has 2 aromatic heterocycles. The Morgan fingerprint density at radius 3 is 2.81 bits per heavy atom. The highest BCUT2D eigenvalue weighted by molar-refractivity contribution is 5.66. The molecule has 0 aliphatic rings. The van der Waals surface area contributed by atoms with E-state index in [4.69, 9.17) is 0 Å². The molecule has 0 saturated carbocycles. The van der Waals surface area contributed by atoms with Gasteiger partial charge < -0.3 is 14.6 Å². The summed E-state index contributed by atoms with van der Waals surface area (Å²) in [6, 6.07) is 0.389. The van der Waals surface area contributed by atoms with E-state index in [9.17, 15) is 0 Å². The molecule has 2 aromatic rings. The van der Waals surface area contributed by atoms with E-state index in [0.717, 1.165) is 17.3 Å². The van der Waals surface area contributed by atoms with Gasteiger partial charge in [0.15, 0.2) is 11.5 Å². The van der Waals surface area contributed by atoms with Crippen LogP contribution in [-0.4, -0.2) is 34.5 Å². The standard InChI is InChI=1S/C11H17N5/c1-8(2)15(4)11-10-13-5-6-16(10)7-9(12-3)14-11/h5-8,12H,1-4H3. The van der Waals surface area contributed by atoms with E-state index in [-0.39, 0.29) is 0 Å². The lowest BCUT2D eigenvalue weighted by atomic mass is 10.3. The lowest BCUT2D eigenvalue weighted by Gasteiger charge is -2.23. The maximum absolute atomic E-state index is 4.54. The monoisotopic (exact) mass is 219 g/mol. The first-order valence-corrected chi connectivity index (χ1v) is 5.37. The minimum Gasteiger partial charge on any atom is -0.372 e. The Balaban J connectivity index is 2.60. The number of hydrogen-bond donors (Lipinski definition) is 1. The van der Waals surface area contributed by atoms with Crippen LogP contribution >= 0.6 is 0 Å². The molecular formula is C11H17N5. The highest BCUT2D eigenvalue weighted by Crippen LogP contribution is 2.20. The molecule has 5 heteroatoms. The van der Waals surface area contributed by atoms with E-state index < -0.39 is 0 Å². The first-order valence-electron chi connectivity index (χ1n) is 5.37. The molecule has 0 aliphatic heterocycles. The van der Waals surface area contributed by atoms with Crippen LogP contribution in [-0.2, 0) is 0 Å². The second kappa shape index (κ2) is 4.00. The molecule has 0 spiro atoms. The Bertz CT molecular complexity index is 488. The normalized spacial score (nSPS) is 11.1. The number of aromatic nitrogens is 3. The third-order valence-electron chi connectivity index (χ3n) is 2.72. The molecule has 0 aromatic carbocycles. The van der Waals surface area contributed by atoms with E-state index in [2.05, 4.69) is 34.0 Å². The van der Waals surface area contributed by atoms with E-state index in [1.54, 1.807) is 6.20 Å². The van der Waals surface area contributed by atoms with Crippen LogP contribution in [0, 0.1) is 0 Å². The van der Waals surface area contributed by atoms with E-state index in [0.29, 0.717) is 6.04 Å². The fourth-order valence-corrected chi connectivity index (χ4v) is 1.52. The molecule has 5 nitrogen and oxygen atoms in total. The summed E-state index contributed by atoms with van der Waals surface area (Å²) in [5.41, 5.74) is 0.884. The third-order valence-corrected chi connectivity index (χ3v) is 2.72. The molecule has 0 amide bonds. The lowest BCUT2D eigenvalue weighted by Crippen LogP contribution is -2.27. The van der Waals surface area contributed by atoms with Crippen molar-refractivity contribution in [3.8, 4) is 0 Å². The van der Waals surface area contributed by atoms with Crippen LogP contribution in [0.1, 0.15) is 13.8 Å². The highest BCUT2D eigenvalue weighted by atomic mass is 15.2. The van der Waals surface area contributed by atoms with E-state index >= 15 is 0 Å². The van der Waals surface area contributed by atoms with E-state index in [1.807, 2.05) is 30.9 Å². The second-order valence-electron chi connectivity index (χ2n) is 4.06. The number of fused-ring (bicyclic) bond motifs is 1. The van der Waals surface area contributed by atoms with Gasteiger partial charge in [0.25, 0.3) is 0 Å². The summed E-state index contributed by atoms with van der Waals surface area (Å²) in [5, 5.41) is 3.06. The van der Waals surface area contributed by atoms with Crippen LogP contribution in [0.5, 0.6) is 0 Å². The van der Waals surface area contributed by atoms with Crippen LogP contribution in [0.25, 0.3) is 5.65 Å². The van der Waals surface area contributed by atoms with Gasteiger partial charge in [0, 0.05) is 32.5 Å². The molecule has 0 radical (unpaired) electrons. The van der Waals surface area contributed by atoms with E-state index in [1.165, 1.54) is 0 Å². The van der Waals surface area contributed by atoms with Crippen molar-refractivity contribution in [3.63, 3.8) is 0 Å². The number of nitrogens with zero attached hydrogens (tertiary/aromatic N) is 4. The molecule has 16 heavy (non-hydrogen) atoms. The van der Waals surface area contributed by atoms with Crippen molar-refractivity contribution in [2.75, 3.05) is 24.3 Å². The zero-order valence-corrected chi connectivity index (χ0v) is 10.1. The van der Waals surface area contributed by atoms with Crippen molar-refractivity contribution in [1.29, 1.82) is 0 Å². The maximum Gasteiger partial charge on any atom is 0.180 e. The first-order chi connectivity index (χ1) is 7.63. The van der Waals surface area contributed by atoms with Crippen molar-refractivity contribution in [3.05, 3.63) is 18.6 Å². The van der Waals surface area contributed by atoms with Gasteiger partial charge in [-0.25, -0.2) is 9.97 Å². The topological polar surface area (TPSA) is 45.5 Å². The quantitative estimate of drug-likeness (QED) is 0.852. The van der Waals surface area contributed by atoms with Gasteiger partial charge in [0.2, 0.25) is 0 Å². The average molecular weight is 219 g/mol. The van der Waals surface area contributed by atoms with Crippen molar-refractivity contribution >= 4 is 17.3 Å². The number of hydrogen-bond acceptors (Lipinski definition) is 4. The fourth-order valence-electron chi connectivity index (χ4n) is 1.52. The molecule has 0 atom stereocenters. The van der Waals surface area contributed by atoms with Gasteiger partial charge in [-0.1, -0.05) is 0 Å². The molecule has 0 saturated heterocycles. The van der Waals surface area contributed by atoms with Crippen molar-refractivity contribution in [2.24, 2.45) is 0 Å². The lowest BCUT2D eigenvalue weighted by molar-refractivity contribution is 0.743. The minimum atomic E-state index is 0.389. The van der Waals surface area contributed by atoms with Gasteiger partial charge in [-0.2, -0.15) is 0 Å². The molecule has 0 fully saturated rings. The number of rotatable bonds is 3. The summed E-state index contributed by atoms with van der Waals surface area (Å²) in [5.74, 6) is 1.74. The maximum atomic E-state index is 4.54. The predicted molar refractivity (Wildman–Crippen MR) is 66.1 cm³/mol. The van der Waals surface area contributed by atoms with Gasteiger partial charge in [-0.05, 0) is 13.8 Å². The molecule has 0 unspecified atom stereocenters. The minimum absolute atomic E-state index is 0.389. The van der Waals surface area contributed by atoms with Gasteiger partial charge >= 0.3 is 0 Å². The molecule has 1 N–H and O–H groups in total. The smallest absolute Gasteiger partial charge is 0.180 e. The molecule has 0 bridgehead atoms. The first kappa shape index (κ1) is 10.7. The fraction of sp³-hybridized carbons (Fsp3) is 0.455. The van der Waals surface area contributed by atoms with Gasteiger partial charge in [0.1, 0.15) is 5.82 Å². The van der Waals surface area contributed by atoms with Crippen LogP contribution in [0.2, 0.25) is 0 Å². The second-order valence-corrected chi connectivity index (χ2v) is 4.06. The predicted octanol–water partition coefficient (Wildman–Crippen LogP) is 1.62. The Kier molecular flexibility index (Phi) is 2.68. The number of anilines is 2. The summed E-state index contributed by atoms with van der Waals surface area (Å²) in [6.45, 7) is 4.26. The van der Waals surface area contributed by atoms with Crippen LogP contribution in [0.15, 0.2) is 18.6 Å². The van der Waals surface area contributed by atoms with Gasteiger partial charge in [-0.15, -0.1) is 0 Å². The van der Waals surface area contributed by atoms with Crippen LogP contribution < -0.4 is 10.2 Å². The molecule has 86 valence electrons. The van der Waals surface area contributed by atoms with Crippen molar-refractivity contribution in [1.82, 2.24) is 14.4 Å². The summed E-state index contributed by atoms with van der Waals surface area (Å²) in [7, 11) is 3.89. The zero-order valence-electron chi connectivity index (χ0n) is 10.1. The summed E-state index contributed by atoms with van der Waals surface area (Å²) < 4.78 is 1.98. The SMILES string of the molecule is CNc1cn2ccnc2c(N(C)C(C)C)n1. The summed E-state index contributed by atoms with van der Waals surface area (Å²) in [6.07, 6.45) is 5.64. The Labute approximate surface area is 95.1 Å². The third kappa shape index (κ3) is 1.68. The Morgan fingerprint density at radius 2 is 2.19 bits per heavy atom. The molecule has 2 rings (SSSR count).